The zero-order chi connectivity index (χ0) is 28.2. The normalized spacial score (nSPS) is 17.5. The van der Waals surface area contributed by atoms with Gasteiger partial charge in [0, 0.05) is 30.5 Å². The molecule has 0 aromatic heterocycles. The number of carbonyl (C=O) groups is 2. The van der Waals surface area contributed by atoms with Gasteiger partial charge in [-0.2, -0.15) is 13.2 Å². The second-order valence-electron chi connectivity index (χ2n) is 9.47. The van der Waals surface area contributed by atoms with Gasteiger partial charge in [0.05, 0.1) is 10.5 Å². The average Bonchev–Trinajstić information content (AvgIpc) is 3.40. The molecule has 7 nitrogen and oxygen atoms in total. The van der Waals surface area contributed by atoms with Crippen LogP contribution in [-0.2, 0) is 38.9 Å². The van der Waals surface area contributed by atoms with E-state index in [9.17, 15) is 31.2 Å². The summed E-state index contributed by atoms with van der Waals surface area (Å²) in [6.45, 7) is -0.0833. The molecule has 1 fully saturated rings. The first-order valence-electron chi connectivity index (χ1n) is 12.4. The molecule has 11 heteroatoms. The molecule has 39 heavy (non-hydrogen) atoms. The fraction of sp³-hybridized carbons (Fsp3) is 0.286. The van der Waals surface area contributed by atoms with Gasteiger partial charge in [-0.15, -0.1) is 0 Å². The van der Waals surface area contributed by atoms with Crippen molar-refractivity contribution in [3.8, 4) is 11.1 Å². The van der Waals surface area contributed by atoms with Gasteiger partial charge in [0.2, 0.25) is 21.8 Å². The van der Waals surface area contributed by atoms with Crippen LogP contribution in [0.25, 0.3) is 11.1 Å². The number of carbonyl (C=O) groups excluding carboxylic acids is 2. The molecule has 3 aromatic carbocycles. The van der Waals surface area contributed by atoms with Crippen molar-refractivity contribution < 1.29 is 31.2 Å². The molecule has 0 spiro atoms. The average molecular weight is 560 g/mol. The van der Waals surface area contributed by atoms with Crippen molar-refractivity contribution in [1.29, 1.82) is 0 Å². The Morgan fingerprint density at radius 1 is 0.821 bits per heavy atom. The van der Waals surface area contributed by atoms with Crippen LogP contribution in [-0.4, -0.2) is 20.2 Å². The highest BCUT2D eigenvalue weighted by Gasteiger charge is 2.38. The number of primary sulfonamides is 1. The van der Waals surface area contributed by atoms with Crippen LogP contribution in [0.4, 0.5) is 13.2 Å². The summed E-state index contributed by atoms with van der Waals surface area (Å²) < 4.78 is 63.5. The Hall–Kier alpha value is -3.70. The van der Waals surface area contributed by atoms with Crippen molar-refractivity contribution in [2.75, 3.05) is 0 Å². The molecule has 2 atom stereocenters. The summed E-state index contributed by atoms with van der Waals surface area (Å²) in [4.78, 5) is 25.7. The van der Waals surface area contributed by atoms with Crippen LogP contribution >= 0.6 is 0 Å². The maximum absolute atomic E-state index is 13.2. The van der Waals surface area contributed by atoms with Gasteiger partial charge in [-0.25, -0.2) is 13.6 Å². The Morgan fingerprint density at radius 2 is 1.38 bits per heavy atom. The van der Waals surface area contributed by atoms with Gasteiger partial charge in [0.25, 0.3) is 0 Å². The fourth-order valence-electron chi connectivity index (χ4n) is 4.93. The summed E-state index contributed by atoms with van der Waals surface area (Å²) in [5.41, 5.74) is 1.04. The summed E-state index contributed by atoms with van der Waals surface area (Å²) >= 11 is 0. The van der Waals surface area contributed by atoms with Crippen molar-refractivity contribution in [2.45, 2.75) is 43.4 Å². The number of halogens is 3. The molecule has 0 heterocycles. The number of nitrogens with two attached hydrogens (primary N) is 1. The molecule has 4 rings (SSSR count). The van der Waals surface area contributed by atoms with Crippen molar-refractivity contribution >= 4 is 21.8 Å². The van der Waals surface area contributed by atoms with Crippen molar-refractivity contribution in [1.82, 2.24) is 10.6 Å². The molecule has 1 aliphatic rings. The third-order valence-corrected chi connectivity index (χ3v) is 7.86. The number of hydrogen-bond acceptors (Lipinski definition) is 4. The SMILES string of the molecule is NS(=O)(=O)c1ccccc1-c1ccc(CNC(=O)[C@@H]2CCC[C@H]2C(=O)NCc2ccccc2C(F)(F)F)cc1. The van der Waals surface area contributed by atoms with E-state index in [2.05, 4.69) is 10.6 Å². The number of benzene rings is 3. The quantitative estimate of drug-likeness (QED) is 0.380. The van der Waals surface area contributed by atoms with Crippen molar-refractivity contribution in [2.24, 2.45) is 17.0 Å². The predicted octanol–water partition coefficient (Wildman–Crippen LogP) is 4.37. The lowest BCUT2D eigenvalue weighted by Gasteiger charge is -2.20. The zero-order valence-electron chi connectivity index (χ0n) is 20.9. The van der Waals surface area contributed by atoms with E-state index in [1.807, 2.05) is 0 Å². The predicted molar refractivity (Wildman–Crippen MR) is 139 cm³/mol. The van der Waals surface area contributed by atoms with Crippen LogP contribution < -0.4 is 15.8 Å². The first-order chi connectivity index (χ1) is 18.4. The van der Waals surface area contributed by atoms with Crippen LogP contribution in [0.15, 0.2) is 77.7 Å². The van der Waals surface area contributed by atoms with Crippen LogP contribution in [0.2, 0.25) is 0 Å². The molecule has 0 unspecified atom stereocenters. The summed E-state index contributed by atoms with van der Waals surface area (Å²) in [7, 11) is -3.90. The van der Waals surface area contributed by atoms with E-state index in [0.717, 1.165) is 11.6 Å². The number of sulfonamides is 1. The Labute approximate surface area is 224 Å². The van der Waals surface area contributed by atoms with Crippen molar-refractivity contribution in [3.63, 3.8) is 0 Å². The monoisotopic (exact) mass is 559 g/mol. The minimum Gasteiger partial charge on any atom is -0.352 e. The number of nitrogens with one attached hydrogen (secondary N) is 2. The van der Waals surface area contributed by atoms with Crippen molar-refractivity contribution in [3.05, 3.63) is 89.5 Å². The lowest BCUT2D eigenvalue weighted by Crippen LogP contribution is -2.39. The smallest absolute Gasteiger partial charge is 0.352 e. The maximum Gasteiger partial charge on any atom is 0.416 e. The van der Waals surface area contributed by atoms with E-state index in [-0.39, 0.29) is 29.5 Å². The van der Waals surface area contributed by atoms with Gasteiger partial charge in [-0.3, -0.25) is 9.59 Å². The largest absolute Gasteiger partial charge is 0.416 e. The Kier molecular flexibility index (Phi) is 8.41. The summed E-state index contributed by atoms with van der Waals surface area (Å²) in [5, 5.41) is 10.7. The topological polar surface area (TPSA) is 118 Å². The van der Waals surface area contributed by atoms with Crippen LogP contribution in [0.1, 0.15) is 36.0 Å². The van der Waals surface area contributed by atoms with E-state index in [4.69, 9.17) is 5.14 Å². The molecule has 4 N–H and O–H groups in total. The highest BCUT2D eigenvalue weighted by molar-refractivity contribution is 7.89. The highest BCUT2D eigenvalue weighted by Crippen LogP contribution is 2.34. The second-order valence-corrected chi connectivity index (χ2v) is 11.0. The first kappa shape index (κ1) is 28.3. The molecule has 3 aromatic rings. The Bertz CT molecular complexity index is 1460. The number of rotatable bonds is 8. The molecule has 2 amide bonds. The molecule has 206 valence electrons. The van der Waals surface area contributed by atoms with Gasteiger partial charge < -0.3 is 10.6 Å². The number of hydrogen-bond donors (Lipinski definition) is 3. The van der Waals surface area contributed by atoms with E-state index in [0.29, 0.717) is 30.4 Å². The zero-order valence-corrected chi connectivity index (χ0v) is 21.7. The molecule has 0 aliphatic heterocycles. The fourth-order valence-corrected chi connectivity index (χ4v) is 5.69. The van der Waals surface area contributed by atoms with Gasteiger partial charge in [-0.05, 0) is 41.7 Å². The second kappa shape index (κ2) is 11.6. The molecule has 0 bridgehead atoms. The standard InChI is InChI=1S/C28H28F3N3O4S/c29-28(30,31)24-10-3-1-6-20(24)17-34-27(36)23-9-5-8-22(23)26(35)33-16-18-12-14-19(15-13-18)21-7-2-4-11-25(21)39(32,37)38/h1-4,6-7,10-15,22-23H,5,8-9,16-17H2,(H,33,35)(H,34,36)(H2,32,37,38)/t22-,23-/m1/s1. The maximum atomic E-state index is 13.2. The molecule has 1 aliphatic carbocycles. The van der Waals surface area contributed by atoms with E-state index < -0.39 is 39.5 Å². The molecule has 1 saturated carbocycles. The van der Waals surface area contributed by atoms with Gasteiger partial charge in [0.1, 0.15) is 0 Å². The molecular formula is C28H28F3N3O4S. The Balaban J connectivity index is 1.36. The summed E-state index contributed by atoms with van der Waals surface area (Å²) in [6.07, 6.45) is -2.89. The molecule has 0 saturated heterocycles. The number of alkyl halides is 3. The van der Waals surface area contributed by atoms with E-state index in [1.165, 1.54) is 24.3 Å². The van der Waals surface area contributed by atoms with Crippen LogP contribution in [0.3, 0.4) is 0 Å². The third-order valence-electron chi connectivity index (χ3n) is 6.89. The lowest BCUT2D eigenvalue weighted by atomic mass is 9.94. The summed E-state index contributed by atoms with van der Waals surface area (Å²) in [6, 6.07) is 18.4. The minimum atomic E-state index is -4.53. The number of amides is 2. The van der Waals surface area contributed by atoms with E-state index >= 15 is 0 Å². The highest BCUT2D eigenvalue weighted by atomic mass is 32.2. The van der Waals surface area contributed by atoms with Gasteiger partial charge in [0.15, 0.2) is 0 Å². The lowest BCUT2D eigenvalue weighted by molar-refractivity contribution is -0.138. The first-order valence-corrected chi connectivity index (χ1v) is 13.9. The minimum absolute atomic E-state index is 0.0125. The van der Waals surface area contributed by atoms with E-state index in [1.54, 1.807) is 42.5 Å². The molecule has 0 radical (unpaired) electrons. The Morgan fingerprint density at radius 3 is 2.00 bits per heavy atom. The third kappa shape index (κ3) is 6.85. The molecular weight excluding hydrogens is 531 g/mol. The van der Waals surface area contributed by atoms with Gasteiger partial charge in [-0.1, -0.05) is 67.1 Å². The van der Waals surface area contributed by atoms with Gasteiger partial charge >= 0.3 is 6.18 Å². The van der Waals surface area contributed by atoms with Crippen LogP contribution in [0.5, 0.6) is 0 Å². The van der Waals surface area contributed by atoms with Crippen LogP contribution in [0, 0.1) is 11.8 Å². The summed E-state index contributed by atoms with van der Waals surface area (Å²) in [5.74, 6) is -1.95.